The van der Waals surface area contributed by atoms with E-state index in [4.69, 9.17) is 0 Å². The highest BCUT2D eigenvalue weighted by atomic mass is 32.2. The van der Waals surface area contributed by atoms with E-state index in [9.17, 15) is 8.42 Å². The average molecular weight is 151 g/mol. The Hall–Kier alpha value is -0.0900. The van der Waals surface area contributed by atoms with Gasteiger partial charge in [0, 0.05) is 0 Å². The summed E-state index contributed by atoms with van der Waals surface area (Å²) in [7, 11) is -1.57. The van der Waals surface area contributed by atoms with Gasteiger partial charge in [-0.2, -0.15) is 0 Å². The quantitative estimate of drug-likeness (QED) is 0.632. The summed E-state index contributed by atoms with van der Waals surface area (Å²) in [6.07, 6.45) is 0.656. The van der Waals surface area contributed by atoms with Crippen molar-refractivity contribution >= 4 is 10.0 Å². The fourth-order valence-electron chi connectivity index (χ4n) is 0.421. The van der Waals surface area contributed by atoms with Gasteiger partial charge in [-0.1, -0.05) is 6.92 Å². The summed E-state index contributed by atoms with van der Waals surface area (Å²) in [5.41, 5.74) is 0. The van der Waals surface area contributed by atoms with Gasteiger partial charge in [0.05, 0.1) is 5.25 Å². The van der Waals surface area contributed by atoms with E-state index >= 15 is 0 Å². The third-order valence-corrected chi connectivity index (χ3v) is 3.35. The van der Waals surface area contributed by atoms with Crippen molar-refractivity contribution < 1.29 is 8.42 Å². The molecule has 1 unspecified atom stereocenters. The van der Waals surface area contributed by atoms with Gasteiger partial charge in [0.15, 0.2) is 0 Å². The van der Waals surface area contributed by atoms with Crippen LogP contribution in [0.2, 0.25) is 0 Å². The molecule has 1 N–H and O–H groups in total. The molecule has 1 atom stereocenters. The zero-order valence-corrected chi connectivity index (χ0v) is 6.83. The van der Waals surface area contributed by atoms with E-state index in [1.165, 1.54) is 7.05 Å². The number of sulfonamides is 1. The molecule has 0 aromatic heterocycles. The second-order valence-electron chi connectivity index (χ2n) is 1.97. The molecule has 56 valence electrons. The summed E-state index contributed by atoms with van der Waals surface area (Å²) < 4.78 is 23.9. The van der Waals surface area contributed by atoms with Crippen LogP contribution in [-0.2, 0) is 10.0 Å². The Balaban J connectivity index is 4.17. The van der Waals surface area contributed by atoms with Crippen LogP contribution in [0.5, 0.6) is 0 Å². The predicted octanol–water partition coefficient (Wildman–Crippen LogP) is 0.334. The smallest absolute Gasteiger partial charge is 0.213 e. The molecule has 9 heavy (non-hydrogen) atoms. The maximum atomic E-state index is 10.8. The van der Waals surface area contributed by atoms with Gasteiger partial charge in [0.1, 0.15) is 0 Å². The zero-order valence-electron chi connectivity index (χ0n) is 6.01. The largest absolute Gasteiger partial charge is 0.218 e. The van der Waals surface area contributed by atoms with E-state index in [0.717, 1.165) is 0 Å². The molecule has 0 heterocycles. The lowest BCUT2D eigenvalue weighted by molar-refractivity contribution is 0.573. The standard InChI is InChI=1S/C5H13NO2S/c1-4-5(2)9(7,8)6-3/h5-6H,4H2,1-3H3. The van der Waals surface area contributed by atoms with Gasteiger partial charge in [0.25, 0.3) is 0 Å². The van der Waals surface area contributed by atoms with E-state index in [1.54, 1.807) is 6.92 Å². The van der Waals surface area contributed by atoms with Crippen molar-refractivity contribution in [3.8, 4) is 0 Å². The maximum Gasteiger partial charge on any atom is 0.213 e. The number of rotatable bonds is 3. The Bertz CT molecular complexity index is 162. The van der Waals surface area contributed by atoms with E-state index in [-0.39, 0.29) is 5.25 Å². The monoisotopic (exact) mass is 151 g/mol. The lowest BCUT2D eigenvalue weighted by Crippen LogP contribution is -2.28. The molecule has 0 fully saturated rings. The molecule has 0 aliphatic heterocycles. The Morgan fingerprint density at radius 3 is 2.11 bits per heavy atom. The minimum Gasteiger partial charge on any atom is -0.218 e. The summed E-state index contributed by atoms with van der Waals surface area (Å²) in [4.78, 5) is 0. The van der Waals surface area contributed by atoms with Gasteiger partial charge in [-0.15, -0.1) is 0 Å². The molecule has 0 radical (unpaired) electrons. The van der Waals surface area contributed by atoms with Crippen LogP contribution >= 0.6 is 0 Å². The number of nitrogens with one attached hydrogen (secondary N) is 1. The van der Waals surface area contributed by atoms with Gasteiger partial charge in [-0.25, -0.2) is 13.1 Å². The Kier molecular flexibility index (Phi) is 3.14. The van der Waals surface area contributed by atoms with Crippen LogP contribution in [0.15, 0.2) is 0 Å². The second kappa shape index (κ2) is 3.17. The van der Waals surface area contributed by atoms with Crippen LogP contribution < -0.4 is 4.72 Å². The second-order valence-corrected chi connectivity index (χ2v) is 4.27. The predicted molar refractivity (Wildman–Crippen MR) is 37.7 cm³/mol. The van der Waals surface area contributed by atoms with Crippen LogP contribution in [0.4, 0.5) is 0 Å². The van der Waals surface area contributed by atoms with Gasteiger partial charge in [-0.3, -0.25) is 0 Å². The van der Waals surface area contributed by atoms with Crippen molar-refractivity contribution in [2.75, 3.05) is 7.05 Å². The minimum absolute atomic E-state index is 0.275. The minimum atomic E-state index is -3.00. The highest BCUT2D eigenvalue weighted by Gasteiger charge is 2.14. The van der Waals surface area contributed by atoms with Crippen molar-refractivity contribution in [3.63, 3.8) is 0 Å². The lowest BCUT2D eigenvalue weighted by atomic mass is 10.4. The number of hydrogen-bond acceptors (Lipinski definition) is 2. The van der Waals surface area contributed by atoms with Crippen LogP contribution in [0, 0.1) is 0 Å². The first-order chi connectivity index (χ1) is 4.04. The van der Waals surface area contributed by atoms with Crippen molar-refractivity contribution in [1.29, 1.82) is 0 Å². The zero-order chi connectivity index (χ0) is 7.49. The highest BCUT2D eigenvalue weighted by molar-refractivity contribution is 7.90. The Labute approximate surface area is 56.5 Å². The molecule has 0 saturated heterocycles. The molecule has 0 aromatic carbocycles. The van der Waals surface area contributed by atoms with Gasteiger partial charge < -0.3 is 0 Å². The lowest BCUT2D eigenvalue weighted by Gasteiger charge is -2.07. The molecule has 0 rings (SSSR count). The topological polar surface area (TPSA) is 46.2 Å². The molecule has 0 aromatic rings. The highest BCUT2D eigenvalue weighted by Crippen LogP contribution is 2.00. The van der Waals surface area contributed by atoms with Crippen LogP contribution in [0.3, 0.4) is 0 Å². The van der Waals surface area contributed by atoms with Crippen molar-refractivity contribution in [1.82, 2.24) is 4.72 Å². The van der Waals surface area contributed by atoms with E-state index in [0.29, 0.717) is 6.42 Å². The van der Waals surface area contributed by atoms with E-state index < -0.39 is 10.0 Å². The van der Waals surface area contributed by atoms with Gasteiger partial charge >= 0.3 is 0 Å². The Morgan fingerprint density at radius 2 is 2.00 bits per heavy atom. The van der Waals surface area contributed by atoms with Crippen LogP contribution in [-0.4, -0.2) is 20.7 Å². The first-order valence-corrected chi connectivity index (χ1v) is 4.51. The molecule has 0 saturated carbocycles. The molecule has 3 nitrogen and oxygen atoms in total. The summed E-state index contributed by atoms with van der Waals surface area (Å²) in [6, 6.07) is 0. The molecule has 0 bridgehead atoms. The van der Waals surface area contributed by atoms with E-state index in [2.05, 4.69) is 4.72 Å². The first kappa shape index (κ1) is 8.91. The molecular formula is C5H13NO2S. The van der Waals surface area contributed by atoms with E-state index in [1.807, 2.05) is 6.92 Å². The van der Waals surface area contributed by atoms with Crippen LogP contribution in [0.1, 0.15) is 20.3 Å². The van der Waals surface area contributed by atoms with Crippen molar-refractivity contribution in [2.45, 2.75) is 25.5 Å². The molecule has 0 amide bonds. The van der Waals surface area contributed by atoms with Crippen molar-refractivity contribution in [3.05, 3.63) is 0 Å². The molecule has 0 spiro atoms. The average Bonchev–Trinajstić information content (AvgIpc) is 1.86. The fourth-order valence-corrected chi connectivity index (χ4v) is 1.26. The first-order valence-electron chi connectivity index (χ1n) is 2.97. The van der Waals surface area contributed by atoms with Gasteiger partial charge in [-0.05, 0) is 20.4 Å². The molecular weight excluding hydrogens is 138 g/mol. The van der Waals surface area contributed by atoms with Crippen LogP contribution in [0.25, 0.3) is 0 Å². The summed E-state index contributed by atoms with van der Waals surface area (Å²) in [5.74, 6) is 0. The number of hydrogen-bond donors (Lipinski definition) is 1. The normalized spacial score (nSPS) is 15.4. The molecule has 0 aliphatic rings. The third-order valence-electron chi connectivity index (χ3n) is 1.39. The molecule has 0 aliphatic carbocycles. The summed E-state index contributed by atoms with van der Waals surface area (Å²) in [6.45, 7) is 3.53. The summed E-state index contributed by atoms with van der Waals surface area (Å²) in [5, 5.41) is -0.275. The SMILES string of the molecule is CCC(C)S(=O)(=O)NC. The maximum absolute atomic E-state index is 10.8. The van der Waals surface area contributed by atoms with Crippen molar-refractivity contribution in [2.24, 2.45) is 0 Å². The Morgan fingerprint density at radius 1 is 1.56 bits per heavy atom. The van der Waals surface area contributed by atoms with Gasteiger partial charge in [0.2, 0.25) is 10.0 Å². The molecule has 4 heteroatoms. The third kappa shape index (κ3) is 2.32. The fraction of sp³-hybridized carbons (Fsp3) is 1.00. The summed E-state index contributed by atoms with van der Waals surface area (Å²) >= 11 is 0.